The molecule has 2 rings (SSSR count). The SMILES string of the molecule is CC/C=C/N(CC1(C)CC(=O)CC(C)(C)C1)c1cc(C#N)ccc1C. The van der Waals surface area contributed by atoms with Crippen molar-refractivity contribution < 1.29 is 4.79 Å². The monoisotopic (exact) mass is 338 g/mol. The number of ketones is 1. The lowest BCUT2D eigenvalue weighted by Crippen LogP contribution is -2.42. The van der Waals surface area contributed by atoms with Crippen LogP contribution >= 0.6 is 0 Å². The second-order valence-electron chi connectivity index (χ2n) is 8.58. The van der Waals surface area contributed by atoms with E-state index in [2.05, 4.69) is 57.9 Å². The van der Waals surface area contributed by atoms with Crippen LogP contribution in [0.2, 0.25) is 0 Å². The Morgan fingerprint density at radius 1 is 1.28 bits per heavy atom. The minimum absolute atomic E-state index is 0.0494. The van der Waals surface area contributed by atoms with Crippen LogP contribution in [0.3, 0.4) is 0 Å². The summed E-state index contributed by atoms with van der Waals surface area (Å²) in [6, 6.07) is 8.04. The third-order valence-corrected chi connectivity index (χ3v) is 4.93. The first-order chi connectivity index (χ1) is 11.7. The van der Waals surface area contributed by atoms with Gasteiger partial charge in [0.25, 0.3) is 0 Å². The molecule has 25 heavy (non-hydrogen) atoms. The van der Waals surface area contributed by atoms with Gasteiger partial charge in [0.1, 0.15) is 5.78 Å². The summed E-state index contributed by atoms with van der Waals surface area (Å²) in [5.41, 5.74) is 2.85. The average Bonchev–Trinajstić information content (AvgIpc) is 2.49. The minimum atomic E-state index is -0.0635. The van der Waals surface area contributed by atoms with Crippen LogP contribution in [0.1, 0.15) is 64.5 Å². The number of allylic oxidation sites excluding steroid dienone is 1. The third kappa shape index (κ3) is 4.95. The van der Waals surface area contributed by atoms with Crippen LogP contribution in [0, 0.1) is 29.1 Å². The molecule has 0 amide bonds. The number of hydrogen-bond donors (Lipinski definition) is 0. The Morgan fingerprint density at radius 2 is 2.00 bits per heavy atom. The first-order valence-corrected chi connectivity index (χ1v) is 9.14. The summed E-state index contributed by atoms with van der Waals surface area (Å²) in [6.45, 7) is 11.6. The zero-order valence-electron chi connectivity index (χ0n) is 16.2. The van der Waals surface area contributed by atoms with Crippen LogP contribution < -0.4 is 4.90 Å². The Hall–Kier alpha value is -2.08. The van der Waals surface area contributed by atoms with Crippen LogP contribution in [0.4, 0.5) is 5.69 Å². The summed E-state index contributed by atoms with van der Waals surface area (Å²) in [5, 5.41) is 9.26. The molecule has 0 spiro atoms. The molecular formula is C22H30N2O. The number of benzene rings is 1. The summed E-state index contributed by atoms with van der Waals surface area (Å²) in [6.07, 6.45) is 7.53. The third-order valence-electron chi connectivity index (χ3n) is 4.93. The number of carbonyl (C=O) groups is 1. The van der Waals surface area contributed by atoms with E-state index in [4.69, 9.17) is 0 Å². The smallest absolute Gasteiger partial charge is 0.134 e. The van der Waals surface area contributed by atoms with Crippen molar-refractivity contribution >= 4 is 11.5 Å². The summed E-state index contributed by atoms with van der Waals surface area (Å²) in [4.78, 5) is 14.5. The molecule has 1 atom stereocenters. The van der Waals surface area contributed by atoms with Gasteiger partial charge in [-0.25, -0.2) is 0 Å². The van der Waals surface area contributed by atoms with Crippen LogP contribution in [0.25, 0.3) is 0 Å². The van der Waals surface area contributed by atoms with Crippen LogP contribution in [0.15, 0.2) is 30.5 Å². The largest absolute Gasteiger partial charge is 0.347 e. The Morgan fingerprint density at radius 3 is 2.60 bits per heavy atom. The van der Waals surface area contributed by atoms with Gasteiger partial charge in [-0.3, -0.25) is 4.79 Å². The fourth-order valence-electron chi connectivity index (χ4n) is 4.31. The van der Waals surface area contributed by atoms with Gasteiger partial charge in [0, 0.05) is 31.3 Å². The zero-order valence-corrected chi connectivity index (χ0v) is 16.2. The molecular weight excluding hydrogens is 308 g/mol. The van der Waals surface area contributed by atoms with Crippen molar-refractivity contribution in [3.05, 3.63) is 41.6 Å². The van der Waals surface area contributed by atoms with E-state index in [0.29, 0.717) is 24.2 Å². The van der Waals surface area contributed by atoms with E-state index >= 15 is 0 Å². The van der Waals surface area contributed by atoms with E-state index in [0.717, 1.165) is 30.6 Å². The number of carbonyl (C=O) groups excluding carboxylic acids is 1. The topological polar surface area (TPSA) is 44.1 Å². The normalized spacial score (nSPS) is 22.8. The molecule has 0 saturated heterocycles. The van der Waals surface area contributed by atoms with Gasteiger partial charge >= 0.3 is 0 Å². The van der Waals surface area contributed by atoms with Crippen molar-refractivity contribution in [1.82, 2.24) is 0 Å². The first-order valence-electron chi connectivity index (χ1n) is 9.14. The van der Waals surface area contributed by atoms with Gasteiger partial charge in [0.2, 0.25) is 0 Å². The van der Waals surface area contributed by atoms with Crippen LogP contribution in [-0.4, -0.2) is 12.3 Å². The molecule has 1 unspecified atom stereocenters. The molecule has 1 aromatic rings. The molecule has 0 aromatic heterocycles. The van der Waals surface area contributed by atoms with Gasteiger partial charge < -0.3 is 4.90 Å². The second kappa shape index (κ2) is 7.44. The van der Waals surface area contributed by atoms with Gasteiger partial charge in [0.05, 0.1) is 11.6 Å². The lowest BCUT2D eigenvalue weighted by molar-refractivity contribution is -0.127. The van der Waals surface area contributed by atoms with Gasteiger partial charge in [-0.1, -0.05) is 39.8 Å². The van der Waals surface area contributed by atoms with Gasteiger partial charge in [-0.2, -0.15) is 5.26 Å². The number of hydrogen-bond acceptors (Lipinski definition) is 3. The minimum Gasteiger partial charge on any atom is -0.347 e. The Bertz CT molecular complexity index is 711. The maximum absolute atomic E-state index is 12.3. The fraction of sp³-hybridized carbons (Fsp3) is 0.545. The summed E-state index contributed by atoms with van der Waals surface area (Å²) >= 11 is 0. The number of rotatable bonds is 5. The molecule has 0 heterocycles. The van der Waals surface area contributed by atoms with Crippen LogP contribution in [-0.2, 0) is 4.79 Å². The number of Topliss-reactive ketones (excluding diaryl/α,β-unsaturated/α-hetero) is 1. The Balaban J connectivity index is 2.37. The predicted octanol–water partition coefficient (Wildman–Crippen LogP) is 5.38. The molecule has 0 N–H and O–H groups in total. The van der Waals surface area contributed by atoms with Crippen molar-refractivity contribution in [2.75, 3.05) is 11.4 Å². The van der Waals surface area contributed by atoms with Gasteiger partial charge in [-0.05, 0) is 48.3 Å². The van der Waals surface area contributed by atoms with Crippen molar-refractivity contribution in [2.45, 2.75) is 60.3 Å². The first kappa shape index (κ1) is 19.2. The van der Waals surface area contributed by atoms with E-state index in [1.807, 2.05) is 18.2 Å². The molecule has 3 heteroatoms. The number of nitriles is 1. The van der Waals surface area contributed by atoms with Crippen molar-refractivity contribution in [1.29, 1.82) is 5.26 Å². The summed E-state index contributed by atoms with van der Waals surface area (Å²) in [5.74, 6) is 0.362. The molecule has 1 aliphatic carbocycles. The highest BCUT2D eigenvalue weighted by Gasteiger charge is 2.41. The molecule has 3 nitrogen and oxygen atoms in total. The predicted molar refractivity (Wildman–Crippen MR) is 103 cm³/mol. The van der Waals surface area contributed by atoms with Gasteiger partial charge in [0.15, 0.2) is 0 Å². The van der Waals surface area contributed by atoms with Crippen molar-refractivity contribution in [2.24, 2.45) is 10.8 Å². The van der Waals surface area contributed by atoms with Crippen LogP contribution in [0.5, 0.6) is 0 Å². The lowest BCUT2D eigenvalue weighted by atomic mass is 9.64. The number of aryl methyl sites for hydroxylation is 1. The quantitative estimate of drug-likeness (QED) is 0.723. The standard InChI is InChI=1S/C22H30N2O/c1-6-7-10-24(20-11-18(14-23)9-8-17(20)2)16-22(5)13-19(25)12-21(3,4)15-22/h7-11H,6,12-13,15-16H2,1-5H3/b10-7+. The molecule has 1 aliphatic rings. The molecule has 134 valence electrons. The molecule has 0 radical (unpaired) electrons. The van der Waals surface area contributed by atoms with E-state index in [1.165, 1.54) is 0 Å². The molecule has 0 aliphatic heterocycles. The van der Waals surface area contributed by atoms with E-state index in [9.17, 15) is 10.1 Å². The summed E-state index contributed by atoms with van der Waals surface area (Å²) < 4.78 is 0. The zero-order chi connectivity index (χ0) is 18.7. The number of nitrogens with zero attached hydrogens (tertiary/aromatic N) is 2. The molecule has 1 saturated carbocycles. The molecule has 0 bridgehead atoms. The highest BCUT2D eigenvalue weighted by Crippen LogP contribution is 2.45. The number of anilines is 1. The highest BCUT2D eigenvalue weighted by atomic mass is 16.1. The lowest BCUT2D eigenvalue weighted by Gasteiger charge is -2.44. The van der Waals surface area contributed by atoms with E-state index < -0.39 is 0 Å². The Kier molecular flexibility index (Phi) is 5.72. The van der Waals surface area contributed by atoms with E-state index in [1.54, 1.807) is 0 Å². The van der Waals surface area contributed by atoms with E-state index in [-0.39, 0.29) is 10.8 Å². The molecule has 1 fully saturated rings. The van der Waals surface area contributed by atoms with Crippen molar-refractivity contribution in [3.63, 3.8) is 0 Å². The second-order valence-corrected chi connectivity index (χ2v) is 8.58. The summed E-state index contributed by atoms with van der Waals surface area (Å²) in [7, 11) is 0. The highest BCUT2D eigenvalue weighted by molar-refractivity contribution is 5.81. The maximum atomic E-state index is 12.3. The fourth-order valence-corrected chi connectivity index (χ4v) is 4.31. The molecule has 1 aromatic carbocycles. The Labute approximate surface area is 152 Å². The van der Waals surface area contributed by atoms with Crippen molar-refractivity contribution in [3.8, 4) is 6.07 Å². The maximum Gasteiger partial charge on any atom is 0.134 e. The van der Waals surface area contributed by atoms with Gasteiger partial charge in [-0.15, -0.1) is 0 Å². The average molecular weight is 338 g/mol.